The molecule has 4 heteroatoms. The van der Waals surface area contributed by atoms with Crippen LogP contribution in [-0.2, 0) is 19.4 Å². The summed E-state index contributed by atoms with van der Waals surface area (Å²) in [4.78, 5) is 4.37. The van der Waals surface area contributed by atoms with Gasteiger partial charge < -0.3 is 11.1 Å². The van der Waals surface area contributed by atoms with Crippen LogP contribution < -0.4 is 11.1 Å². The molecule has 0 atom stereocenters. The van der Waals surface area contributed by atoms with Gasteiger partial charge in [0.25, 0.3) is 0 Å². The van der Waals surface area contributed by atoms with Crippen LogP contribution in [0.1, 0.15) is 23.1 Å². The molecule has 0 radical (unpaired) electrons. The van der Waals surface area contributed by atoms with Gasteiger partial charge in [-0.25, -0.2) is 4.99 Å². The van der Waals surface area contributed by atoms with Crippen LogP contribution in [-0.4, -0.2) is 5.96 Å². The molecule has 3 rings (SSSR count). The van der Waals surface area contributed by atoms with Gasteiger partial charge in [0.2, 0.25) is 0 Å². The fraction of sp³-hybridized carbons (Fsp3) is 0.235. The highest BCUT2D eigenvalue weighted by molar-refractivity contribution is 14.0. The van der Waals surface area contributed by atoms with Gasteiger partial charge in [0.05, 0.1) is 6.54 Å². The molecule has 0 bridgehead atoms. The molecule has 0 aromatic heterocycles. The molecule has 0 saturated carbocycles. The van der Waals surface area contributed by atoms with E-state index in [1.165, 1.54) is 30.4 Å². The third-order valence-electron chi connectivity index (χ3n) is 3.65. The number of aryl methyl sites for hydroxylation is 2. The summed E-state index contributed by atoms with van der Waals surface area (Å²) in [6.45, 7) is 0.602. The minimum Gasteiger partial charge on any atom is -0.370 e. The molecule has 0 fully saturated rings. The number of hydrogen-bond donors (Lipinski definition) is 2. The zero-order valence-corrected chi connectivity index (χ0v) is 14.2. The summed E-state index contributed by atoms with van der Waals surface area (Å²) in [5.74, 6) is 0.465. The van der Waals surface area contributed by atoms with Crippen molar-refractivity contribution in [3.8, 4) is 0 Å². The van der Waals surface area contributed by atoms with Gasteiger partial charge in [0.15, 0.2) is 5.96 Å². The Kier molecular flexibility index (Phi) is 5.61. The number of aliphatic imine (C=N–C) groups is 1. The molecule has 2 aromatic carbocycles. The van der Waals surface area contributed by atoms with Gasteiger partial charge in [0.1, 0.15) is 0 Å². The van der Waals surface area contributed by atoms with Crippen molar-refractivity contribution in [2.75, 3.05) is 5.32 Å². The maximum atomic E-state index is 5.94. The lowest BCUT2D eigenvalue weighted by atomic mass is 10.1. The highest BCUT2D eigenvalue weighted by Gasteiger charge is 2.10. The lowest BCUT2D eigenvalue weighted by Gasteiger charge is -2.08. The van der Waals surface area contributed by atoms with E-state index < -0.39 is 0 Å². The molecule has 0 spiro atoms. The number of nitrogens with zero attached hydrogens (tertiary/aromatic N) is 1. The molecule has 3 N–H and O–H groups in total. The Bertz CT molecular complexity index is 623. The fourth-order valence-electron chi connectivity index (χ4n) is 2.60. The number of nitrogens with two attached hydrogens (primary N) is 1. The van der Waals surface area contributed by atoms with Crippen LogP contribution in [0.2, 0.25) is 0 Å². The van der Waals surface area contributed by atoms with Crippen LogP contribution in [0.25, 0.3) is 0 Å². The van der Waals surface area contributed by atoms with Gasteiger partial charge in [-0.3, -0.25) is 0 Å². The number of guanidine groups is 1. The van der Waals surface area contributed by atoms with Crippen molar-refractivity contribution < 1.29 is 0 Å². The minimum atomic E-state index is 0. The average Bonchev–Trinajstić information content (AvgIpc) is 2.94. The first-order valence-corrected chi connectivity index (χ1v) is 7.04. The molecule has 0 aliphatic heterocycles. The summed E-state index contributed by atoms with van der Waals surface area (Å²) in [6, 6.07) is 16.6. The Morgan fingerprint density at radius 1 is 1.05 bits per heavy atom. The monoisotopic (exact) mass is 393 g/mol. The lowest BCUT2D eigenvalue weighted by molar-refractivity contribution is 0.912. The summed E-state index contributed by atoms with van der Waals surface area (Å²) in [6.07, 6.45) is 3.63. The van der Waals surface area contributed by atoms with E-state index in [2.05, 4.69) is 28.5 Å². The summed E-state index contributed by atoms with van der Waals surface area (Å²) in [5.41, 5.74) is 11.0. The number of fused-ring (bicyclic) bond motifs is 1. The minimum absolute atomic E-state index is 0. The van der Waals surface area contributed by atoms with E-state index in [1.807, 2.05) is 30.3 Å². The zero-order chi connectivity index (χ0) is 13.8. The van der Waals surface area contributed by atoms with Crippen molar-refractivity contribution in [3.05, 3.63) is 65.2 Å². The molecular weight excluding hydrogens is 373 g/mol. The molecule has 1 aliphatic rings. The van der Waals surface area contributed by atoms with Gasteiger partial charge in [-0.15, -0.1) is 24.0 Å². The van der Waals surface area contributed by atoms with Crippen LogP contribution in [0.5, 0.6) is 0 Å². The van der Waals surface area contributed by atoms with Crippen molar-refractivity contribution in [1.29, 1.82) is 0 Å². The molecule has 0 heterocycles. The molecule has 110 valence electrons. The zero-order valence-electron chi connectivity index (χ0n) is 11.9. The van der Waals surface area contributed by atoms with E-state index in [9.17, 15) is 0 Å². The maximum Gasteiger partial charge on any atom is 0.193 e. The normalized spacial score (nSPS) is 13.4. The Hall–Kier alpha value is -1.56. The quantitative estimate of drug-likeness (QED) is 0.475. The first kappa shape index (κ1) is 15.8. The highest BCUT2D eigenvalue weighted by atomic mass is 127. The second-order valence-electron chi connectivity index (χ2n) is 5.15. The average molecular weight is 393 g/mol. The van der Waals surface area contributed by atoms with E-state index in [4.69, 9.17) is 5.73 Å². The first-order valence-electron chi connectivity index (χ1n) is 7.04. The van der Waals surface area contributed by atoms with E-state index in [0.717, 1.165) is 11.3 Å². The number of anilines is 1. The lowest BCUT2D eigenvalue weighted by Crippen LogP contribution is -2.22. The van der Waals surface area contributed by atoms with Crippen molar-refractivity contribution in [3.63, 3.8) is 0 Å². The molecular formula is C17H20IN3. The third kappa shape index (κ3) is 4.20. The van der Waals surface area contributed by atoms with Gasteiger partial charge in [-0.2, -0.15) is 0 Å². The van der Waals surface area contributed by atoms with Crippen LogP contribution in [0.3, 0.4) is 0 Å². The van der Waals surface area contributed by atoms with Gasteiger partial charge in [0, 0.05) is 5.69 Å². The summed E-state index contributed by atoms with van der Waals surface area (Å²) in [5, 5.41) is 3.17. The Balaban J connectivity index is 0.00000161. The van der Waals surface area contributed by atoms with Gasteiger partial charge >= 0.3 is 0 Å². The summed E-state index contributed by atoms with van der Waals surface area (Å²) < 4.78 is 0. The van der Waals surface area contributed by atoms with Crippen molar-refractivity contribution in [2.24, 2.45) is 10.7 Å². The number of hydrogen-bond acceptors (Lipinski definition) is 1. The third-order valence-corrected chi connectivity index (χ3v) is 3.65. The Morgan fingerprint density at radius 2 is 1.81 bits per heavy atom. The molecule has 21 heavy (non-hydrogen) atoms. The molecule has 0 amide bonds. The van der Waals surface area contributed by atoms with Crippen LogP contribution in [0.4, 0.5) is 5.69 Å². The molecule has 3 nitrogen and oxygen atoms in total. The summed E-state index contributed by atoms with van der Waals surface area (Å²) >= 11 is 0. The SMILES string of the molecule is I.NC(=NCc1ccccc1)Nc1ccc2c(c1)CCC2. The maximum absolute atomic E-state index is 5.94. The van der Waals surface area contributed by atoms with Crippen LogP contribution >= 0.6 is 24.0 Å². The van der Waals surface area contributed by atoms with Crippen molar-refractivity contribution in [1.82, 2.24) is 0 Å². The van der Waals surface area contributed by atoms with Gasteiger partial charge in [-0.1, -0.05) is 36.4 Å². The standard InChI is InChI=1S/C17H19N3.HI/c18-17(19-12-13-5-2-1-3-6-13)20-16-10-9-14-7-4-8-15(14)11-16;/h1-3,5-6,9-11H,4,7-8,12H2,(H3,18,19,20);1H. The van der Waals surface area contributed by atoms with Crippen molar-refractivity contribution >= 4 is 35.6 Å². The van der Waals surface area contributed by atoms with E-state index >= 15 is 0 Å². The Labute approximate surface area is 142 Å². The molecule has 2 aromatic rings. The topological polar surface area (TPSA) is 50.4 Å². The van der Waals surface area contributed by atoms with E-state index in [1.54, 1.807) is 0 Å². The number of rotatable bonds is 3. The number of benzene rings is 2. The van der Waals surface area contributed by atoms with Gasteiger partial charge in [-0.05, 0) is 48.1 Å². The second kappa shape index (κ2) is 7.45. The van der Waals surface area contributed by atoms with E-state index in [0.29, 0.717) is 12.5 Å². The number of halogens is 1. The highest BCUT2D eigenvalue weighted by Crippen LogP contribution is 2.24. The van der Waals surface area contributed by atoms with Crippen LogP contribution in [0.15, 0.2) is 53.5 Å². The van der Waals surface area contributed by atoms with E-state index in [-0.39, 0.29) is 24.0 Å². The summed E-state index contributed by atoms with van der Waals surface area (Å²) in [7, 11) is 0. The number of nitrogens with one attached hydrogen (secondary N) is 1. The predicted octanol–water partition coefficient (Wildman–Crippen LogP) is 3.72. The molecule has 0 unspecified atom stereocenters. The predicted molar refractivity (Wildman–Crippen MR) is 99.3 cm³/mol. The second-order valence-corrected chi connectivity index (χ2v) is 5.15. The Morgan fingerprint density at radius 3 is 2.62 bits per heavy atom. The molecule has 0 saturated heterocycles. The fourth-order valence-corrected chi connectivity index (χ4v) is 2.60. The largest absolute Gasteiger partial charge is 0.370 e. The molecule has 1 aliphatic carbocycles. The first-order chi connectivity index (χ1) is 9.81. The van der Waals surface area contributed by atoms with Crippen LogP contribution in [0, 0.1) is 0 Å². The van der Waals surface area contributed by atoms with Crippen molar-refractivity contribution in [2.45, 2.75) is 25.8 Å². The smallest absolute Gasteiger partial charge is 0.193 e.